The van der Waals surface area contributed by atoms with E-state index in [4.69, 9.17) is 4.74 Å². The Labute approximate surface area is 229 Å². The molecule has 0 saturated carbocycles. The van der Waals surface area contributed by atoms with E-state index in [2.05, 4.69) is 16.0 Å². The number of thioether (sulfide) groups is 1. The highest BCUT2D eigenvalue weighted by atomic mass is 32.2. The number of nitrogens with one attached hydrogen (secondary N) is 3. The van der Waals surface area contributed by atoms with Gasteiger partial charge in [-0.05, 0) is 53.1 Å². The van der Waals surface area contributed by atoms with E-state index in [9.17, 15) is 19.2 Å². The highest BCUT2D eigenvalue weighted by Crippen LogP contribution is 2.39. The Bertz CT molecular complexity index is 1510. The first-order valence-corrected chi connectivity index (χ1v) is 13.6. The highest BCUT2D eigenvalue weighted by Gasteiger charge is 2.50. The summed E-state index contributed by atoms with van der Waals surface area (Å²) in [6.07, 6.45) is 0.750. The molecule has 6 rings (SSSR count). The summed E-state index contributed by atoms with van der Waals surface area (Å²) >= 11 is 1.60. The lowest BCUT2D eigenvalue weighted by molar-refractivity contribution is -0.123. The molecule has 0 radical (unpaired) electrons. The van der Waals surface area contributed by atoms with E-state index in [0.29, 0.717) is 35.7 Å². The summed E-state index contributed by atoms with van der Waals surface area (Å²) in [5.74, 6) is 0.0201. The van der Waals surface area contributed by atoms with Crippen molar-refractivity contribution in [2.24, 2.45) is 0 Å². The number of fused-ring (bicyclic) bond motifs is 2. The van der Waals surface area contributed by atoms with Crippen molar-refractivity contribution in [1.82, 2.24) is 10.6 Å². The van der Waals surface area contributed by atoms with Crippen LogP contribution in [0, 0.1) is 0 Å². The molecule has 10 heteroatoms. The van der Waals surface area contributed by atoms with Crippen LogP contribution >= 0.6 is 11.8 Å². The number of amides is 5. The predicted octanol–water partition coefficient (Wildman–Crippen LogP) is 3.23. The molecule has 2 unspecified atom stereocenters. The topological polar surface area (TPSA) is 117 Å². The van der Waals surface area contributed by atoms with Crippen molar-refractivity contribution in [2.75, 3.05) is 29.6 Å². The second-order valence-electron chi connectivity index (χ2n) is 9.90. The summed E-state index contributed by atoms with van der Waals surface area (Å²) in [4.78, 5) is 53.7. The Balaban J connectivity index is 1.21. The van der Waals surface area contributed by atoms with Gasteiger partial charge in [-0.15, -0.1) is 11.8 Å². The molecular weight excluding hydrogens is 516 g/mol. The average molecular weight is 543 g/mol. The minimum atomic E-state index is -0.974. The first-order valence-electron chi connectivity index (χ1n) is 12.6. The SMILES string of the molecule is COc1ccc(C2CSc3ccccc3N(CC(=O)Nc3ccc4c(c3)CC3(C4)NC(=O)NC3=O)C2=O)cc1. The van der Waals surface area contributed by atoms with Crippen LogP contribution in [0.2, 0.25) is 0 Å². The predicted molar refractivity (Wildman–Crippen MR) is 147 cm³/mol. The summed E-state index contributed by atoms with van der Waals surface area (Å²) < 4.78 is 5.26. The second kappa shape index (κ2) is 9.77. The Morgan fingerprint density at radius 3 is 2.56 bits per heavy atom. The first-order chi connectivity index (χ1) is 18.8. The van der Waals surface area contributed by atoms with Crippen LogP contribution in [-0.4, -0.2) is 48.7 Å². The van der Waals surface area contributed by atoms with Crippen LogP contribution in [0.5, 0.6) is 5.75 Å². The monoisotopic (exact) mass is 542 g/mol. The maximum atomic E-state index is 13.8. The molecule has 2 atom stereocenters. The number of carbonyl (C=O) groups is 4. The summed E-state index contributed by atoms with van der Waals surface area (Å²) in [6, 6.07) is 20.0. The fourth-order valence-corrected chi connectivity index (χ4v) is 6.65. The molecule has 1 fully saturated rings. The number of anilines is 2. The van der Waals surface area contributed by atoms with E-state index in [-0.39, 0.29) is 24.3 Å². The molecule has 2 aliphatic heterocycles. The molecule has 5 amide bonds. The molecule has 9 nitrogen and oxygen atoms in total. The molecule has 39 heavy (non-hydrogen) atoms. The molecule has 3 aromatic rings. The molecule has 1 spiro atoms. The zero-order valence-electron chi connectivity index (χ0n) is 21.2. The van der Waals surface area contributed by atoms with Crippen LogP contribution in [0.25, 0.3) is 0 Å². The van der Waals surface area contributed by atoms with Crippen molar-refractivity contribution in [3.8, 4) is 5.75 Å². The summed E-state index contributed by atoms with van der Waals surface area (Å²) in [5, 5.41) is 7.97. The normalized spacial score (nSPS) is 21.6. The van der Waals surface area contributed by atoms with Crippen LogP contribution in [0.3, 0.4) is 0 Å². The summed E-state index contributed by atoms with van der Waals surface area (Å²) in [5.41, 5.74) is 2.99. The molecule has 1 aliphatic carbocycles. The molecule has 1 saturated heterocycles. The van der Waals surface area contributed by atoms with E-state index in [0.717, 1.165) is 21.6 Å². The van der Waals surface area contributed by atoms with Gasteiger partial charge in [0, 0.05) is 29.2 Å². The largest absolute Gasteiger partial charge is 0.497 e. The van der Waals surface area contributed by atoms with Crippen molar-refractivity contribution in [2.45, 2.75) is 29.2 Å². The standard InChI is InChI=1S/C29H26N4O5S/c1-38-21-10-7-17(8-11-21)22-16-39-24-5-3-2-4-23(24)33(26(22)35)15-25(34)30-20-9-6-18-13-29(14-19(18)12-20)27(36)31-28(37)32-29/h2-12,22H,13-16H2,1H3,(H,30,34)(H2,31,32,36,37). The quantitative estimate of drug-likeness (QED) is 0.427. The average Bonchev–Trinajstić information content (AvgIpc) is 3.39. The third kappa shape index (κ3) is 4.61. The second-order valence-corrected chi connectivity index (χ2v) is 11.0. The van der Waals surface area contributed by atoms with Crippen LogP contribution in [0.4, 0.5) is 16.2 Å². The molecule has 0 bridgehead atoms. The zero-order valence-corrected chi connectivity index (χ0v) is 22.0. The van der Waals surface area contributed by atoms with Crippen molar-refractivity contribution in [1.29, 1.82) is 0 Å². The number of ether oxygens (including phenoxy) is 1. The maximum absolute atomic E-state index is 13.8. The fourth-order valence-electron chi connectivity index (χ4n) is 5.47. The van der Waals surface area contributed by atoms with Crippen molar-refractivity contribution in [3.63, 3.8) is 0 Å². The number of methoxy groups -OCH3 is 1. The molecule has 3 N–H and O–H groups in total. The molecule has 3 aromatic carbocycles. The van der Waals surface area contributed by atoms with Crippen molar-refractivity contribution < 1.29 is 23.9 Å². The molecule has 2 heterocycles. The highest BCUT2D eigenvalue weighted by molar-refractivity contribution is 7.99. The number of hydrogen-bond acceptors (Lipinski definition) is 6. The van der Waals surface area contributed by atoms with Crippen LogP contribution in [-0.2, 0) is 27.2 Å². The van der Waals surface area contributed by atoms with Gasteiger partial charge in [0.1, 0.15) is 17.8 Å². The van der Waals surface area contributed by atoms with Gasteiger partial charge in [0.25, 0.3) is 5.91 Å². The smallest absolute Gasteiger partial charge is 0.322 e. The Morgan fingerprint density at radius 2 is 1.82 bits per heavy atom. The number of carbonyl (C=O) groups excluding carboxylic acids is 4. The minimum Gasteiger partial charge on any atom is -0.497 e. The molecule has 3 aliphatic rings. The Morgan fingerprint density at radius 1 is 1.05 bits per heavy atom. The zero-order chi connectivity index (χ0) is 27.1. The molecule has 0 aromatic heterocycles. The van der Waals surface area contributed by atoms with Gasteiger partial charge in [0.05, 0.1) is 18.7 Å². The number of imide groups is 1. The molecule has 198 valence electrons. The van der Waals surface area contributed by atoms with Crippen LogP contribution in [0.15, 0.2) is 71.6 Å². The van der Waals surface area contributed by atoms with E-state index in [1.165, 1.54) is 0 Å². The number of benzene rings is 3. The first kappa shape index (κ1) is 25.0. The Hall–Kier alpha value is -4.31. The maximum Gasteiger partial charge on any atom is 0.322 e. The van der Waals surface area contributed by atoms with Crippen LogP contribution < -0.4 is 25.6 Å². The third-order valence-corrected chi connectivity index (χ3v) is 8.59. The van der Waals surface area contributed by atoms with Gasteiger partial charge in [0.15, 0.2) is 0 Å². The number of nitrogens with zero attached hydrogens (tertiary/aromatic N) is 1. The molecular formula is C29H26N4O5S. The van der Waals surface area contributed by atoms with Gasteiger partial charge in [-0.3, -0.25) is 19.7 Å². The number of rotatable bonds is 5. The van der Waals surface area contributed by atoms with Gasteiger partial charge < -0.3 is 20.3 Å². The van der Waals surface area contributed by atoms with Gasteiger partial charge in [-0.25, -0.2) is 4.79 Å². The van der Waals surface area contributed by atoms with E-state index < -0.39 is 17.5 Å². The third-order valence-electron chi connectivity index (χ3n) is 7.43. The minimum absolute atomic E-state index is 0.147. The van der Waals surface area contributed by atoms with E-state index >= 15 is 0 Å². The van der Waals surface area contributed by atoms with Crippen LogP contribution in [0.1, 0.15) is 22.6 Å². The number of urea groups is 1. The summed E-state index contributed by atoms with van der Waals surface area (Å²) in [6.45, 7) is -0.150. The van der Waals surface area contributed by atoms with E-state index in [1.54, 1.807) is 29.8 Å². The van der Waals surface area contributed by atoms with Gasteiger partial charge in [-0.1, -0.05) is 30.3 Å². The lowest BCUT2D eigenvalue weighted by Gasteiger charge is -2.25. The van der Waals surface area contributed by atoms with E-state index in [1.807, 2.05) is 60.7 Å². The fraction of sp³-hybridized carbons (Fsp3) is 0.241. The lowest BCUT2D eigenvalue weighted by Crippen LogP contribution is -2.47. The van der Waals surface area contributed by atoms with Gasteiger partial charge >= 0.3 is 6.03 Å². The van der Waals surface area contributed by atoms with Crippen molar-refractivity contribution >= 4 is 46.9 Å². The lowest BCUT2D eigenvalue weighted by atomic mass is 9.96. The van der Waals surface area contributed by atoms with Gasteiger partial charge in [0.2, 0.25) is 11.8 Å². The van der Waals surface area contributed by atoms with Gasteiger partial charge in [-0.2, -0.15) is 0 Å². The number of para-hydroxylation sites is 1. The number of hydrogen-bond donors (Lipinski definition) is 3. The van der Waals surface area contributed by atoms with Crippen molar-refractivity contribution in [3.05, 3.63) is 83.4 Å². The summed E-state index contributed by atoms with van der Waals surface area (Å²) in [7, 11) is 1.60. The Kier molecular flexibility index (Phi) is 6.26.